The van der Waals surface area contributed by atoms with E-state index in [4.69, 9.17) is 16.3 Å². The SMILES string of the molecule is O=C(Cc1ccc(OCCC2C[C@@H]2C2CCN(c3ncc(Cl)cn3)CC2)cc1F)N1CCn2nc(C3CC3)nc2C1. The molecular formula is C30H35ClFN7O2. The summed E-state index contributed by atoms with van der Waals surface area (Å²) in [4.78, 5) is 30.3. The second kappa shape index (κ2) is 11.2. The van der Waals surface area contributed by atoms with Crippen LogP contribution in [0.1, 0.15) is 61.7 Å². The Morgan fingerprint density at radius 3 is 2.63 bits per heavy atom. The molecule has 1 saturated heterocycles. The molecule has 3 fully saturated rings. The van der Waals surface area contributed by atoms with Crippen LogP contribution in [0.15, 0.2) is 30.6 Å². The van der Waals surface area contributed by atoms with Gasteiger partial charge in [0.15, 0.2) is 5.82 Å². The zero-order valence-electron chi connectivity index (χ0n) is 23.1. The Morgan fingerprint density at radius 2 is 1.88 bits per heavy atom. The van der Waals surface area contributed by atoms with Crippen LogP contribution in [-0.4, -0.2) is 61.8 Å². The summed E-state index contributed by atoms with van der Waals surface area (Å²) in [5.74, 6) is 5.16. The molecule has 2 aromatic heterocycles. The molecule has 4 aliphatic rings. The summed E-state index contributed by atoms with van der Waals surface area (Å²) >= 11 is 5.91. The topological polar surface area (TPSA) is 89.3 Å². The third kappa shape index (κ3) is 6.03. The van der Waals surface area contributed by atoms with Gasteiger partial charge in [0, 0.05) is 31.6 Å². The molecule has 0 bridgehead atoms. The van der Waals surface area contributed by atoms with Gasteiger partial charge in [0.05, 0.1) is 43.5 Å². The fourth-order valence-corrected chi connectivity index (χ4v) is 6.52. The van der Waals surface area contributed by atoms with Gasteiger partial charge < -0.3 is 14.5 Å². The fourth-order valence-electron chi connectivity index (χ4n) is 6.42. The van der Waals surface area contributed by atoms with Crippen molar-refractivity contribution in [3.8, 4) is 5.75 Å². The summed E-state index contributed by atoms with van der Waals surface area (Å²) in [5.41, 5.74) is 0.394. The number of carbonyl (C=O) groups excluding carboxylic acids is 1. The van der Waals surface area contributed by atoms with Crippen molar-refractivity contribution >= 4 is 23.5 Å². The van der Waals surface area contributed by atoms with E-state index in [1.807, 2.05) is 4.68 Å². The Kier molecular flexibility index (Phi) is 7.27. The van der Waals surface area contributed by atoms with Crippen molar-refractivity contribution in [2.75, 3.05) is 31.1 Å². The van der Waals surface area contributed by atoms with Gasteiger partial charge in [0.1, 0.15) is 17.4 Å². The van der Waals surface area contributed by atoms with Crippen LogP contribution < -0.4 is 9.64 Å². The molecule has 1 aromatic carbocycles. The van der Waals surface area contributed by atoms with Crippen LogP contribution in [0.2, 0.25) is 5.02 Å². The van der Waals surface area contributed by atoms with E-state index in [-0.39, 0.29) is 12.3 Å². The molecule has 1 amide bonds. The number of hydrogen-bond acceptors (Lipinski definition) is 7. The van der Waals surface area contributed by atoms with Crippen molar-refractivity contribution in [2.45, 2.75) is 64.0 Å². The summed E-state index contributed by atoms with van der Waals surface area (Å²) < 4.78 is 22.7. The number of benzene rings is 1. The Balaban J connectivity index is 0.840. The first-order valence-electron chi connectivity index (χ1n) is 14.9. The summed E-state index contributed by atoms with van der Waals surface area (Å²) in [6.07, 6.45) is 10.2. The van der Waals surface area contributed by atoms with Crippen LogP contribution in [0.4, 0.5) is 10.3 Å². The second-order valence-electron chi connectivity index (χ2n) is 12.0. The number of ether oxygens (including phenoxy) is 1. The van der Waals surface area contributed by atoms with Crippen LogP contribution in [0.5, 0.6) is 5.75 Å². The smallest absolute Gasteiger partial charge is 0.227 e. The highest BCUT2D eigenvalue weighted by molar-refractivity contribution is 6.30. The van der Waals surface area contributed by atoms with Gasteiger partial charge in [-0.25, -0.2) is 24.0 Å². The molecular weight excluding hydrogens is 545 g/mol. The molecule has 216 valence electrons. The summed E-state index contributed by atoms with van der Waals surface area (Å²) in [6, 6.07) is 4.87. The molecule has 0 N–H and O–H groups in total. The summed E-state index contributed by atoms with van der Waals surface area (Å²) in [6.45, 7) is 4.16. The highest BCUT2D eigenvalue weighted by atomic mass is 35.5. The number of aromatic nitrogens is 5. The van der Waals surface area contributed by atoms with Gasteiger partial charge in [-0.3, -0.25) is 4.79 Å². The molecule has 2 aliphatic carbocycles. The third-order valence-electron chi connectivity index (χ3n) is 9.11. The van der Waals surface area contributed by atoms with E-state index in [0.717, 1.165) is 74.6 Å². The van der Waals surface area contributed by atoms with Crippen molar-refractivity contribution < 1.29 is 13.9 Å². The maximum absolute atomic E-state index is 14.9. The molecule has 41 heavy (non-hydrogen) atoms. The molecule has 3 aromatic rings. The van der Waals surface area contributed by atoms with Crippen LogP contribution >= 0.6 is 11.6 Å². The number of rotatable bonds is 9. The lowest BCUT2D eigenvalue weighted by atomic mass is 9.90. The van der Waals surface area contributed by atoms with Crippen molar-refractivity contribution in [1.82, 2.24) is 29.6 Å². The quantitative estimate of drug-likeness (QED) is 0.365. The summed E-state index contributed by atoms with van der Waals surface area (Å²) in [7, 11) is 0. The number of piperidine rings is 1. The molecule has 2 saturated carbocycles. The molecule has 0 spiro atoms. The fraction of sp³-hybridized carbons (Fsp3) is 0.567. The lowest BCUT2D eigenvalue weighted by molar-refractivity contribution is -0.132. The van der Waals surface area contributed by atoms with Gasteiger partial charge in [-0.1, -0.05) is 17.7 Å². The zero-order valence-corrected chi connectivity index (χ0v) is 23.8. The van der Waals surface area contributed by atoms with E-state index < -0.39 is 5.82 Å². The molecule has 9 nitrogen and oxygen atoms in total. The van der Waals surface area contributed by atoms with Crippen molar-refractivity contribution in [2.24, 2.45) is 17.8 Å². The highest BCUT2D eigenvalue weighted by Gasteiger charge is 2.43. The van der Waals surface area contributed by atoms with Crippen molar-refractivity contribution in [3.63, 3.8) is 0 Å². The molecule has 0 radical (unpaired) electrons. The maximum atomic E-state index is 14.9. The van der Waals surface area contributed by atoms with Gasteiger partial charge in [-0.15, -0.1) is 0 Å². The number of nitrogens with zero attached hydrogens (tertiary/aromatic N) is 7. The van der Waals surface area contributed by atoms with Gasteiger partial charge in [-0.05, 0) is 67.9 Å². The first-order chi connectivity index (χ1) is 20.0. The standard InChI is InChI=1S/C30H35ClFN7O2/c31-23-16-33-30(34-17-23)37-8-5-19(6-9-37)25-13-21(25)7-12-41-24-4-3-22(26(32)15-24)14-28(40)38-10-11-39-27(18-38)35-29(36-39)20-1-2-20/h3-4,15-17,19-21,25H,1-2,5-14,18H2/t21?,25-/m1/s1. The van der Waals surface area contributed by atoms with E-state index in [9.17, 15) is 9.18 Å². The van der Waals surface area contributed by atoms with Gasteiger partial charge in [0.25, 0.3) is 0 Å². The zero-order chi connectivity index (χ0) is 27.9. The lowest BCUT2D eigenvalue weighted by Crippen LogP contribution is -2.39. The average molecular weight is 580 g/mol. The number of carbonyl (C=O) groups is 1. The molecule has 4 heterocycles. The van der Waals surface area contributed by atoms with E-state index >= 15 is 0 Å². The normalized spacial score (nSPS) is 22.5. The molecule has 7 rings (SSSR count). The number of anilines is 1. The predicted octanol–water partition coefficient (Wildman–Crippen LogP) is 4.64. The highest BCUT2D eigenvalue weighted by Crippen LogP contribution is 2.50. The second-order valence-corrected chi connectivity index (χ2v) is 12.4. The molecule has 11 heteroatoms. The minimum atomic E-state index is -0.396. The van der Waals surface area contributed by atoms with Gasteiger partial charge >= 0.3 is 0 Å². The molecule has 1 unspecified atom stereocenters. The van der Waals surface area contributed by atoms with E-state index in [1.54, 1.807) is 29.4 Å². The minimum absolute atomic E-state index is 0.0302. The maximum Gasteiger partial charge on any atom is 0.227 e. The Morgan fingerprint density at radius 1 is 1.07 bits per heavy atom. The van der Waals surface area contributed by atoms with Crippen LogP contribution in [0, 0.1) is 23.6 Å². The summed E-state index contributed by atoms with van der Waals surface area (Å²) in [5, 5.41) is 5.14. The van der Waals surface area contributed by atoms with Crippen LogP contribution in [0.25, 0.3) is 0 Å². The molecule has 2 aliphatic heterocycles. The first-order valence-corrected chi connectivity index (χ1v) is 15.2. The number of fused-ring (bicyclic) bond motifs is 1. The van der Waals surface area contributed by atoms with E-state index in [0.29, 0.717) is 54.4 Å². The average Bonchev–Trinajstić information content (AvgIpc) is 3.92. The van der Waals surface area contributed by atoms with Crippen LogP contribution in [0.3, 0.4) is 0 Å². The van der Waals surface area contributed by atoms with Crippen LogP contribution in [-0.2, 0) is 24.3 Å². The van der Waals surface area contributed by atoms with Gasteiger partial charge in [0.2, 0.25) is 11.9 Å². The van der Waals surface area contributed by atoms with E-state index in [1.165, 1.54) is 12.5 Å². The third-order valence-corrected chi connectivity index (χ3v) is 9.30. The monoisotopic (exact) mass is 579 g/mol. The Hall–Kier alpha value is -3.27. The predicted molar refractivity (Wildman–Crippen MR) is 151 cm³/mol. The number of hydrogen-bond donors (Lipinski definition) is 0. The first kappa shape index (κ1) is 26.6. The van der Waals surface area contributed by atoms with E-state index in [2.05, 4.69) is 25.0 Å². The molecule has 2 atom stereocenters. The van der Waals surface area contributed by atoms with Crippen molar-refractivity contribution in [3.05, 3.63) is 58.6 Å². The van der Waals surface area contributed by atoms with Crippen molar-refractivity contribution in [1.29, 1.82) is 0 Å². The largest absolute Gasteiger partial charge is 0.493 e. The van der Waals surface area contributed by atoms with Gasteiger partial charge in [-0.2, -0.15) is 5.10 Å². The number of amides is 1. The lowest BCUT2D eigenvalue weighted by Gasteiger charge is -2.32. The Labute approximate surface area is 244 Å². The Bertz CT molecular complexity index is 1400. The number of halogens is 2. The minimum Gasteiger partial charge on any atom is -0.493 e.